The summed E-state index contributed by atoms with van der Waals surface area (Å²) in [5.74, 6) is 1.05. The summed E-state index contributed by atoms with van der Waals surface area (Å²) in [5.41, 5.74) is 2.12. The average molecular weight is 288 g/mol. The normalized spacial score (nSPS) is 18.7. The molecular formula is C14H14ClN5. The van der Waals surface area contributed by atoms with Gasteiger partial charge in [-0.05, 0) is 19.3 Å². The van der Waals surface area contributed by atoms with Crippen LogP contribution in [0.3, 0.4) is 0 Å². The van der Waals surface area contributed by atoms with Crippen molar-refractivity contribution in [3.63, 3.8) is 0 Å². The van der Waals surface area contributed by atoms with Crippen molar-refractivity contribution in [2.24, 2.45) is 0 Å². The summed E-state index contributed by atoms with van der Waals surface area (Å²) < 4.78 is 1.80. The van der Waals surface area contributed by atoms with Gasteiger partial charge in [-0.3, -0.25) is 0 Å². The van der Waals surface area contributed by atoms with Crippen LogP contribution in [-0.2, 0) is 6.42 Å². The van der Waals surface area contributed by atoms with Crippen molar-refractivity contribution >= 4 is 23.1 Å². The summed E-state index contributed by atoms with van der Waals surface area (Å²) in [6.45, 7) is 0.974. The SMILES string of the molecule is N#Cc1cnn2c3c(c(Cl)nc12)CCN3C1CCCC1. The first kappa shape index (κ1) is 12.0. The van der Waals surface area contributed by atoms with Crippen molar-refractivity contribution in [3.05, 3.63) is 22.5 Å². The van der Waals surface area contributed by atoms with Gasteiger partial charge in [0, 0.05) is 18.2 Å². The zero-order valence-electron chi connectivity index (χ0n) is 11.0. The molecule has 2 aliphatic rings. The molecule has 20 heavy (non-hydrogen) atoms. The van der Waals surface area contributed by atoms with Crippen LogP contribution in [0.1, 0.15) is 36.8 Å². The Morgan fingerprint density at radius 1 is 1.35 bits per heavy atom. The van der Waals surface area contributed by atoms with E-state index in [-0.39, 0.29) is 0 Å². The lowest BCUT2D eigenvalue weighted by molar-refractivity contribution is 0.614. The summed E-state index contributed by atoms with van der Waals surface area (Å²) >= 11 is 6.32. The minimum absolute atomic E-state index is 0.480. The lowest BCUT2D eigenvalue weighted by atomic mass is 10.2. The number of nitriles is 1. The van der Waals surface area contributed by atoms with Gasteiger partial charge in [0.1, 0.15) is 22.6 Å². The molecule has 1 aliphatic heterocycles. The van der Waals surface area contributed by atoms with Gasteiger partial charge in [-0.15, -0.1) is 0 Å². The van der Waals surface area contributed by atoms with Crippen molar-refractivity contribution < 1.29 is 0 Å². The maximum atomic E-state index is 9.14. The van der Waals surface area contributed by atoms with Crippen molar-refractivity contribution in [2.45, 2.75) is 38.1 Å². The van der Waals surface area contributed by atoms with Crippen LogP contribution >= 0.6 is 11.6 Å². The van der Waals surface area contributed by atoms with Crippen LogP contribution < -0.4 is 4.90 Å². The molecule has 1 fully saturated rings. The topological polar surface area (TPSA) is 57.2 Å². The average Bonchev–Trinajstić information content (AvgIpc) is 3.16. The molecular weight excluding hydrogens is 274 g/mol. The zero-order chi connectivity index (χ0) is 13.7. The highest BCUT2D eigenvalue weighted by Crippen LogP contribution is 2.38. The van der Waals surface area contributed by atoms with E-state index in [1.807, 2.05) is 0 Å². The van der Waals surface area contributed by atoms with E-state index in [2.05, 4.69) is 21.1 Å². The fourth-order valence-corrected chi connectivity index (χ4v) is 3.74. The minimum Gasteiger partial charge on any atom is -0.353 e. The van der Waals surface area contributed by atoms with Crippen molar-refractivity contribution in [2.75, 3.05) is 11.4 Å². The summed E-state index contributed by atoms with van der Waals surface area (Å²) in [6.07, 6.45) is 7.53. The molecule has 0 unspecified atom stereocenters. The van der Waals surface area contributed by atoms with Crippen LogP contribution in [0.4, 0.5) is 5.82 Å². The van der Waals surface area contributed by atoms with Gasteiger partial charge in [0.2, 0.25) is 0 Å². The molecule has 102 valence electrons. The standard InChI is InChI=1S/C14H14ClN5/c15-12-11-5-6-19(10-3-1-2-4-10)14(11)20-13(18-12)9(7-16)8-17-20/h8,10H,1-6H2. The van der Waals surface area contributed by atoms with Crippen molar-refractivity contribution in [1.82, 2.24) is 14.6 Å². The zero-order valence-corrected chi connectivity index (χ0v) is 11.8. The molecule has 3 heterocycles. The number of hydrogen-bond donors (Lipinski definition) is 0. The molecule has 0 aromatic carbocycles. The van der Waals surface area contributed by atoms with E-state index in [9.17, 15) is 0 Å². The van der Waals surface area contributed by atoms with Gasteiger partial charge in [-0.2, -0.15) is 14.9 Å². The highest BCUT2D eigenvalue weighted by atomic mass is 35.5. The van der Waals surface area contributed by atoms with Gasteiger partial charge < -0.3 is 4.90 Å². The van der Waals surface area contributed by atoms with Crippen LogP contribution in [0.25, 0.3) is 5.65 Å². The molecule has 0 atom stereocenters. The molecule has 0 bridgehead atoms. The third kappa shape index (κ3) is 1.55. The highest BCUT2D eigenvalue weighted by molar-refractivity contribution is 6.30. The van der Waals surface area contributed by atoms with E-state index in [0.29, 0.717) is 22.4 Å². The molecule has 0 radical (unpaired) electrons. The fraction of sp³-hybridized carbons (Fsp3) is 0.500. The number of nitrogens with zero attached hydrogens (tertiary/aromatic N) is 5. The molecule has 0 N–H and O–H groups in total. The third-order valence-electron chi connectivity index (χ3n) is 4.43. The number of halogens is 1. The summed E-state index contributed by atoms with van der Waals surface area (Å²) in [6, 6.07) is 2.71. The number of hydrogen-bond acceptors (Lipinski definition) is 4. The lowest BCUT2D eigenvalue weighted by Gasteiger charge is -2.26. The quantitative estimate of drug-likeness (QED) is 0.757. The number of aromatic nitrogens is 3. The van der Waals surface area contributed by atoms with Crippen LogP contribution in [-0.4, -0.2) is 27.2 Å². The number of anilines is 1. The Kier molecular flexibility index (Phi) is 2.61. The van der Waals surface area contributed by atoms with Gasteiger partial charge in [0.25, 0.3) is 0 Å². The molecule has 1 saturated carbocycles. The van der Waals surface area contributed by atoms with Gasteiger partial charge in [0.05, 0.1) is 6.20 Å². The second-order valence-corrected chi connectivity index (χ2v) is 5.85. The summed E-state index contributed by atoms with van der Waals surface area (Å²) in [4.78, 5) is 6.77. The van der Waals surface area contributed by atoms with Crippen LogP contribution in [0.5, 0.6) is 0 Å². The molecule has 5 nitrogen and oxygen atoms in total. The van der Waals surface area contributed by atoms with Gasteiger partial charge in [0.15, 0.2) is 5.65 Å². The predicted octanol–water partition coefficient (Wildman–Crippen LogP) is 2.56. The maximum absolute atomic E-state index is 9.14. The maximum Gasteiger partial charge on any atom is 0.176 e. The van der Waals surface area contributed by atoms with E-state index in [4.69, 9.17) is 16.9 Å². The number of fused-ring (bicyclic) bond motifs is 3. The minimum atomic E-state index is 0.480. The Hall–Kier alpha value is -1.80. The Labute approximate surface area is 121 Å². The smallest absolute Gasteiger partial charge is 0.176 e. The van der Waals surface area contributed by atoms with Crippen LogP contribution in [0, 0.1) is 11.3 Å². The molecule has 4 rings (SSSR count). The van der Waals surface area contributed by atoms with Crippen molar-refractivity contribution in [1.29, 1.82) is 5.26 Å². The largest absolute Gasteiger partial charge is 0.353 e. The Morgan fingerprint density at radius 3 is 2.90 bits per heavy atom. The summed E-state index contributed by atoms with van der Waals surface area (Å²) in [5, 5.41) is 14.0. The van der Waals surface area contributed by atoms with E-state index in [1.54, 1.807) is 10.7 Å². The first-order chi connectivity index (χ1) is 9.79. The lowest BCUT2D eigenvalue weighted by Crippen LogP contribution is -2.32. The second kappa shape index (κ2) is 4.35. The highest BCUT2D eigenvalue weighted by Gasteiger charge is 2.33. The van der Waals surface area contributed by atoms with Gasteiger partial charge in [-0.1, -0.05) is 24.4 Å². The van der Waals surface area contributed by atoms with Gasteiger partial charge >= 0.3 is 0 Å². The molecule has 2 aromatic heterocycles. The van der Waals surface area contributed by atoms with Crippen LogP contribution in [0.2, 0.25) is 5.15 Å². The molecule has 6 heteroatoms. The fourth-order valence-electron chi connectivity index (χ4n) is 3.48. The predicted molar refractivity (Wildman–Crippen MR) is 76.0 cm³/mol. The van der Waals surface area contributed by atoms with E-state index in [0.717, 1.165) is 24.3 Å². The Bertz CT molecular complexity index is 723. The molecule has 0 saturated heterocycles. The second-order valence-electron chi connectivity index (χ2n) is 5.49. The van der Waals surface area contributed by atoms with E-state index < -0.39 is 0 Å². The number of rotatable bonds is 1. The first-order valence-corrected chi connectivity index (χ1v) is 7.40. The molecule has 0 amide bonds. The molecule has 0 spiro atoms. The summed E-state index contributed by atoms with van der Waals surface area (Å²) in [7, 11) is 0. The molecule has 2 aromatic rings. The molecule has 1 aliphatic carbocycles. The monoisotopic (exact) mass is 287 g/mol. The van der Waals surface area contributed by atoms with E-state index >= 15 is 0 Å². The van der Waals surface area contributed by atoms with Gasteiger partial charge in [-0.25, -0.2) is 4.98 Å². The van der Waals surface area contributed by atoms with E-state index in [1.165, 1.54) is 25.7 Å². The Balaban J connectivity index is 1.94. The van der Waals surface area contributed by atoms with Crippen LogP contribution in [0.15, 0.2) is 6.20 Å². The Morgan fingerprint density at radius 2 is 2.15 bits per heavy atom. The third-order valence-corrected chi connectivity index (χ3v) is 4.74. The first-order valence-electron chi connectivity index (χ1n) is 7.02. The van der Waals surface area contributed by atoms with Crippen molar-refractivity contribution in [3.8, 4) is 6.07 Å².